The summed E-state index contributed by atoms with van der Waals surface area (Å²) in [5.74, 6) is 0. The highest BCUT2D eigenvalue weighted by molar-refractivity contribution is 7.15. The van der Waals surface area contributed by atoms with E-state index in [1.807, 2.05) is 6.07 Å². The summed E-state index contributed by atoms with van der Waals surface area (Å²) in [6.07, 6.45) is 5.28. The van der Waals surface area contributed by atoms with E-state index in [4.69, 9.17) is 5.73 Å². The number of anilines is 1. The van der Waals surface area contributed by atoms with Crippen LogP contribution in [0.5, 0.6) is 0 Å². The molecule has 0 saturated carbocycles. The molecule has 0 radical (unpaired) electrons. The van der Waals surface area contributed by atoms with Crippen molar-refractivity contribution in [2.24, 2.45) is 0 Å². The van der Waals surface area contributed by atoms with Gasteiger partial charge in [-0.3, -0.25) is 9.30 Å². The molecule has 20 heavy (non-hydrogen) atoms. The van der Waals surface area contributed by atoms with Crippen molar-refractivity contribution in [1.82, 2.24) is 14.3 Å². The minimum absolute atomic E-state index is 0.855. The molecule has 2 aromatic heterocycles. The number of hydrogen-bond donors (Lipinski definition) is 1. The van der Waals surface area contributed by atoms with E-state index in [0.717, 1.165) is 42.4 Å². The van der Waals surface area contributed by atoms with Crippen molar-refractivity contribution in [3.05, 3.63) is 52.8 Å². The number of nitrogen functional groups attached to an aromatic ring is 1. The summed E-state index contributed by atoms with van der Waals surface area (Å²) in [5, 5.41) is 2.06. The molecule has 3 aromatic rings. The third-order valence-electron chi connectivity index (χ3n) is 3.85. The first-order valence-corrected chi connectivity index (χ1v) is 7.66. The Morgan fingerprint density at radius 3 is 3.15 bits per heavy atom. The Bertz CT molecular complexity index is 730. The van der Waals surface area contributed by atoms with Gasteiger partial charge in [0.25, 0.3) is 0 Å². The van der Waals surface area contributed by atoms with Crippen LogP contribution in [0, 0.1) is 0 Å². The Morgan fingerprint density at radius 2 is 2.25 bits per heavy atom. The zero-order valence-electron chi connectivity index (χ0n) is 11.1. The van der Waals surface area contributed by atoms with Gasteiger partial charge in [-0.05, 0) is 29.7 Å². The highest BCUT2D eigenvalue weighted by Crippen LogP contribution is 2.23. The van der Waals surface area contributed by atoms with Crippen LogP contribution in [0.3, 0.4) is 0 Å². The fraction of sp³-hybridized carbons (Fsp3) is 0.267. The molecule has 0 fully saturated rings. The minimum atomic E-state index is 0.855. The van der Waals surface area contributed by atoms with Crippen molar-refractivity contribution < 1.29 is 0 Å². The Kier molecular flexibility index (Phi) is 2.75. The van der Waals surface area contributed by atoms with Crippen LogP contribution in [-0.2, 0) is 19.5 Å². The van der Waals surface area contributed by atoms with E-state index in [9.17, 15) is 0 Å². The Labute approximate surface area is 121 Å². The number of nitrogens with zero attached hydrogens (tertiary/aromatic N) is 3. The van der Waals surface area contributed by atoms with Gasteiger partial charge < -0.3 is 5.73 Å². The number of imidazole rings is 1. The first-order valence-electron chi connectivity index (χ1n) is 6.79. The van der Waals surface area contributed by atoms with Gasteiger partial charge in [-0.15, -0.1) is 11.3 Å². The van der Waals surface area contributed by atoms with Crippen LogP contribution in [0.1, 0.15) is 16.8 Å². The predicted octanol–water partition coefficient (Wildman–Crippen LogP) is 2.54. The Hall–Kier alpha value is -1.85. The number of nitrogens with two attached hydrogens (primary N) is 1. The maximum atomic E-state index is 5.88. The fourth-order valence-electron chi connectivity index (χ4n) is 2.85. The van der Waals surface area contributed by atoms with E-state index in [-0.39, 0.29) is 0 Å². The molecule has 4 rings (SSSR count). The summed E-state index contributed by atoms with van der Waals surface area (Å²) in [5.41, 5.74) is 10.7. The summed E-state index contributed by atoms with van der Waals surface area (Å²) < 4.78 is 2.09. The maximum absolute atomic E-state index is 5.88. The molecule has 1 aliphatic heterocycles. The Balaban J connectivity index is 1.54. The topological polar surface area (TPSA) is 46.6 Å². The number of hydrogen-bond acceptors (Lipinski definition) is 4. The van der Waals surface area contributed by atoms with E-state index >= 15 is 0 Å². The van der Waals surface area contributed by atoms with Crippen molar-refractivity contribution in [2.75, 3.05) is 12.3 Å². The van der Waals surface area contributed by atoms with Crippen LogP contribution in [0.2, 0.25) is 0 Å². The summed E-state index contributed by atoms with van der Waals surface area (Å²) in [6.45, 7) is 2.95. The van der Waals surface area contributed by atoms with E-state index in [1.165, 1.54) is 11.1 Å². The first kappa shape index (κ1) is 11.9. The Morgan fingerprint density at radius 1 is 1.30 bits per heavy atom. The molecule has 102 valence electrons. The summed E-state index contributed by atoms with van der Waals surface area (Å²) in [7, 11) is 0. The summed E-state index contributed by atoms with van der Waals surface area (Å²) in [6, 6.07) is 6.26. The number of benzene rings is 1. The van der Waals surface area contributed by atoms with Gasteiger partial charge in [0.1, 0.15) is 0 Å². The molecular formula is C15H16N4S. The maximum Gasteiger partial charge on any atom is 0.193 e. The monoisotopic (exact) mass is 284 g/mol. The highest BCUT2D eigenvalue weighted by Gasteiger charge is 2.17. The van der Waals surface area contributed by atoms with Gasteiger partial charge >= 0.3 is 0 Å². The smallest absolute Gasteiger partial charge is 0.193 e. The third kappa shape index (κ3) is 2.09. The molecule has 2 N–H and O–H groups in total. The van der Waals surface area contributed by atoms with Crippen molar-refractivity contribution in [3.8, 4) is 0 Å². The number of rotatable bonds is 2. The van der Waals surface area contributed by atoms with E-state index < -0.39 is 0 Å². The zero-order chi connectivity index (χ0) is 13.5. The molecule has 5 heteroatoms. The van der Waals surface area contributed by atoms with Crippen LogP contribution in [-0.4, -0.2) is 20.8 Å². The third-order valence-corrected chi connectivity index (χ3v) is 4.62. The van der Waals surface area contributed by atoms with Gasteiger partial charge in [-0.25, -0.2) is 4.98 Å². The quantitative estimate of drug-likeness (QED) is 0.736. The lowest BCUT2D eigenvalue weighted by Gasteiger charge is -2.28. The van der Waals surface area contributed by atoms with Crippen molar-refractivity contribution in [1.29, 1.82) is 0 Å². The summed E-state index contributed by atoms with van der Waals surface area (Å²) >= 11 is 1.68. The molecule has 4 nitrogen and oxygen atoms in total. The number of aromatic nitrogens is 2. The second-order valence-electron chi connectivity index (χ2n) is 5.31. The van der Waals surface area contributed by atoms with Crippen molar-refractivity contribution >= 4 is 22.0 Å². The van der Waals surface area contributed by atoms with Crippen LogP contribution >= 0.6 is 11.3 Å². The first-order chi connectivity index (χ1) is 9.78. The van der Waals surface area contributed by atoms with Gasteiger partial charge in [0.2, 0.25) is 0 Å². The highest BCUT2D eigenvalue weighted by atomic mass is 32.1. The van der Waals surface area contributed by atoms with Gasteiger partial charge in [0, 0.05) is 43.1 Å². The van der Waals surface area contributed by atoms with Crippen LogP contribution in [0.25, 0.3) is 4.96 Å². The zero-order valence-corrected chi connectivity index (χ0v) is 11.9. The fourth-order valence-corrected chi connectivity index (χ4v) is 3.57. The standard InChI is InChI=1S/C15H16N4S/c16-13-2-1-11-3-4-18(8-12(11)7-13)9-14-10-19-5-6-20-15(19)17-14/h1-2,5-7,10H,3-4,8-9,16H2. The normalized spacial score (nSPS) is 15.6. The molecular weight excluding hydrogens is 268 g/mol. The van der Waals surface area contributed by atoms with E-state index in [0.29, 0.717) is 0 Å². The minimum Gasteiger partial charge on any atom is -0.399 e. The van der Waals surface area contributed by atoms with Crippen molar-refractivity contribution in [3.63, 3.8) is 0 Å². The van der Waals surface area contributed by atoms with Crippen LogP contribution in [0.15, 0.2) is 36.0 Å². The second kappa shape index (κ2) is 4.61. The van der Waals surface area contributed by atoms with E-state index in [2.05, 4.69) is 44.2 Å². The van der Waals surface area contributed by atoms with Gasteiger partial charge in [-0.2, -0.15) is 0 Å². The van der Waals surface area contributed by atoms with Crippen LogP contribution in [0.4, 0.5) is 5.69 Å². The molecule has 0 saturated heterocycles. The molecule has 0 amide bonds. The van der Waals surface area contributed by atoms with Crippen LogP contribution < -0.4 is 5.73 Å². The van der Waals surface area contributed by atoms with Crippen molar-refractivity contribution in [2.45, 2.75) is 19.5 Å². The average molecular weight is 284 g/mol. The van der Waals surface area contributed by atoms with Gasteiger partial charge in [0.15, 0.2) is 4.96 Å². The molecule has 0 atom stereocenters. The molecule has 0 aliphatic carbocycles. The number of thiazole rings is 1. The second-order valence-corrected chi connectivity index (χ2v) is 6.19. The lowest BCUT2D eigenvalue weighted by atomic mass is 9.99. The largest absolute Gasteiger partial charge is 0.399 e. The molecule has 0 unspecified atom stereocenters. The molecule has 0 bridgehead atoms. The molecule has 3 heterocycles. The summed E-state index contributed by atoms with van der Waals surface area (Å²) in [4.78, 5) is 8.17. The molecule has 1 aliphatic rings. The lowest BCUT2D eigenvalue weighted by Crippen LogP contribution is -2.30. The molecule has 0 spiro atoms. The number of fused-ring (bicyclic) bond motifs is 2. The molecule has 1 aromatic carbocycles. The predicted molar refractivity (Wildman–Crippen MR) is 81.7 cm³/mol. The SMILES string of the molecule is Nc1ccc2c(c1)CN(Cc1cn3ccsc3n1)CC2. The van der Waals surface area contributed by atoms with Gasteiger partial charge in [-0.1, -0.05) is 6.07 Å². The lowest BCUT2D eigenvalue weighted by molar-refractivity contribution is 0.243. The van der Waals surface area contributed by atoms with E-state index in [1.54, 1.807) is 11.3 Å². The van der Waals surface area contributed by atoms with Gasteiger partial charge in [0.05, 0.1) is 5.69 Å². The average Bonchev–Trinajstić information content (AvgIpc) is 2.99.